The van der Waals surface area contributed by atoms with Gasteiger partial charge in [0.25, 0.3) is 10.0 Å². The van der Waals surface area contributed by atoms with E-state index in [1.54, 1.807) is 0 Å². The number of hydrogen-bond donors (Lipinski definition) is 2. The molecule has 0 fully saturated rings. The van der Waals surface area contributed by atoms with Gasteiger partial charge in [0.2, 0.25) is 17.7 Å². The number of aryl methyl sites for hydroxylation is 1. The summed E-state index contributed by atoms with van der Waals surface area (Å²) in [6.45, 7) is 0. The molecule has 27 heavy (non-hydrogen) atoms. The second-order valence-corrected chi connectivity index (χ2v) is 6.82. The number of sulfonamides is 1. The summed E-state index contributed by atoms with van der Waals surface area (Å²) in [4.78, 5) is 19.7. The van der Waals surface area contributed by atoms with Gasteiger partial charge in [0.15, 0.2) is 10.1 Å². The first-order valence-electron chi connectivity index (χ1n) is 7.13. The van der Waals surface area contributed by atoms with Crippen LogP contribution in [0.1, 0.15) is 10.4 Å². The Balaban J connectivity index is 2.26. The Kier molecular flexibility index (Phi) is 6.12. The maximum atomic E-state index is 12.6. The standard InChI is InChI=1S/C13H16N6O6S2/c1-19-10(7(6-14-19)11(20)25-4)27(21,22)18-13(26)17-12-15-8(23-2)5-9(16-12)24-3/h5-6H,1-4H3,(H2,15,16,17,18,26). The zero-order valence-electron chi connectivity index (χ0n) is 14.7. The lowest BCUT2D eigenvalue weighted by atomic mass is 10.4. The molecular weight excluding hydrogens is 400 g/mol. The average molecular weight is 416 g/mol. The summed E-state index contributed by atoms with van der Waals surface area (Å²) in [5, 5.41) is 5.51. The lowest BCUT2D eigenvalue weighted by Gasteiger charge is -2.12. The van der Waals surface area contributed by atoms with Gasteiger partial charge >= 0.3 is 5.97 Å². The fourth-order valence-corrected chi connectivity index (χ4v) is 3.59. The van der Waals surface area contributed by atoms with Gasteiger partial charge in [-0.1, -0.05) is 0 Å². The first-order valence-corrected chi connectivity index (χ1v) is 9.02. The number of hydrogen-bond acceptors (Lipinski definition) is 10. The Labute approximate surface area is 159 Å². The molecule has 2 rings (SSSR count). The minimum Gasteiger partial charge on any atom is -0.481 e. The lowest BCUT2D eigenvalue weighted by molar-refractivity contribution is 0.0595. The van der Waals surface area contributed by atoms with E-state index in [0.29, 0.717) is 0 Å². The molecule has 2 N–H and O–H groups in total. The van der Waals surface area contributed by atoms with Crippen LogP contribution >= 0.6 is 12.2 Å². The highest BCUT2D eigenvalue weighted by atomic mass is 32.2. The number of rotatable bonds is 6. The van der Waals surface area contributed by atoms with Crippen molar-refractivity contribution >= 4 is 39.3 Å². The summed E-state index contributed by atoms with van der Waals surface area (Å²) >= 11 is 4.99. The molecule has 0 saturated carbocycles. The molecule has 0 radical (unpaired) electrons. The van der Waals surface area contributed by atoms with Gasteiger partial charge in [0, 0.05) is 7.05 Å². The quantitative estimate of drug-likeness (QED) is 0.472. The van der Waals surface area contributed by atoms with Crippen LogP contribution < -0.4 is 19.5 Å². The van der Waals surface area contributed by atoms with Crippen molar-refractivity contribution in [2.75, 3.05) is 26.6 Å². The monoisotopic (exact) mass is 416 g/mol. The van der Waals surface area contributed by atoms with Gasteiger partial charge in [0.05, 0.1) is 33.6 Å². The fourth-order valence-electron chi connectivity index (χ4n) is 1.96. The highest BCUT2D eigenvalue weighted by molar-refractivity contribution is 7.92. The van der Waals surface area contributed by atoms with Crippen LogP contribution in [0.4, 0.5) is 5.95 Å². The van der Waals surface area contributed by atoms with E-state index in [4.69, 9.17) is 21.7 Å². The fraction of sp³-hybridized carbons (Fsp3) is 0.308. The normalized spacial score (nSPS) is 10.8. The van der Waals surface area contributed by atoms with Crippen LogP contribution in [0.25, 0.3) is 0 Å². The maximum absolute atomic E-state index is 12.6. The minimum absolute atomic E-state index is 0.0582. The molecule has 0 saturated heterocycles. The van der Waals surface area contributed by atoms with E-state index >= 15 is 0 Å². The summed E-state index contributed by atoms with van der Waals surface area (Å²) in [5.74, 6) is -0.565. The molecule has 146 valence electrons. The van der Waals surface area contributed by atoms with E-state index in [1.165, 1.54) is 27.3 Å². The summed E-state index contributed by atoms with van der Waals surface area (Å²) in [6, 6.07) is 1.43. The van der Waals surface area contributed by atoms with Gasteiger partial charge in [-0.2, -0.15) is 23.5 Å². The number of thiocarbonyl (C=S) groups is 1. The number of methoxy groups -OCH3 is 3. The zero-order chi connectivity index (χ0) is 20.2. The van der Waals surface area contributed by atoms with Gasteiger partial charge < -0.3 is 19.5 Å². The third-order valence-electron chi connectivity index (χ3n) is 3.09. The van der Waals surface area contributed by atoms with E-state index in [1.807, 2.05) is 0 Å². The first kappa shape index (κ1) is 20.3. The van der Waals surface area contributed by atoms with Gasteiger partial charge in [-0.25, -0.2) is 4.79 Å². The zero-order valence-corrected chi connectivity index (χ0v) is 16.3. The number of aromatic nitrogens is 4. The van der Waals surface area contributed by atoms with Gasteiger partial charge in [-0.15, -0.1) is 0 Å². The van der Waals surface area contributed by atoms with Crippen molar-refractivity contribution in [1.82, 2.24) is 24.5 Å². The summed E-state index contributed by atoms with van der Waals surface area (Å²) in [7, 11) is 1.01. The van der Waals surface area contributed by atoms with Crippen molar-refractivity contribution in [3.63, 3.8) is 0 Å². The van der Waals surface area contributed by atoms with Crippen molar-refractivity contribution < 1.29 is 27.4 Å². The topological polar surface area (TPSA) is 147 Å². The van der Waals surface area contributed by atoms with E-state index in [2.05, 4.69) is 29.8 Å². The Morgan fingerprint density at radius 1 is 1.19 bits per heavy atom. The Morgan fingerprint density at radius 2 is 1.78 bits per heavy atom. The molecular formula is C13H16N6O6S2. The van der Waals surface area contributed by atoms with Crippen LogP contribution in [-0.4, -0.2) is 60.6 Å². The van der Waals surface area contributed by atoms with Gasteiger partial charge in [-0.3, -0.25) is 9.40 Å². The molecule has 0 amide bonds. The van der Waals surface area contributed by atoms with Gasteiger partial charge in [0.1, 0.15) is 5.56 Å². The van der Waals surface area contributed by atoms with Crippen molar-refractivity contribution in [3.8, 4) is 11.8 Å². The SMILES string of the molecule is COC(=O)c1cnn(C)c1S(=O)(=O)NC(=S)Nc1nc(OC)cc(OC)n1. The molecule has 0 aliphatic rings. The molecule has 0 aromatic carbocycles. The van der Waals surface area contributed by atoms with Crippen LogP contribution in [0.15, 0.2) is 17.3 Å². The predicted octanol–water partition coefficient (Wildman–Crippen LogP) is -0.311. The smallest absolute Gasteiger partial charge is 0.342 e. The van der Waals surface area contributed by atoms with E-state index in [-0.39, 0.29) is 28.4 Å². The first-order chi connectivity index (χ1) is 12.7. The van der Waals surface area contributed by atoms with E-state index in [0.717, 1.165) is 18.0 Å². The van der Waals surface area contributed by atoms with Crippen LogP contribution in [0.3, 0.4) is 0 Å². The summed E-state index contributed by atoms with van der Waals surface area (Å²) < 4.78 is 42.9. The number of carbonyl (C=O) groups is 1. The van der Waals surface area contributed by atoms with Crippen molar-refractivity contribution in [2.45, 2.75) is 5.03 Å². The third kappa shape index (κ3) is 4.59. The highest BCUT2D eigenvalue weighted by Crippen LogP contribution is 2.18. The minimum atomic E-state index is -4.26. The molecule has 0 aliphatic heterocycles. The average Bonchev–Trinajstić information content (AvgIpc) is 3.02. The third-order valence-corrected chi connectivity index (χ3v) is 4.89. The number of nitrogens with one attached hydrogen (secondary N) is 2. The van der Waals surface area contributed by atoms with Crippen molar-refractivity contribution in [1.29, 1.82) is 0 Å². The number of anilines is 1. The van der Waals surface area contributed by atoms with Crippen molar-refractivity contribution in [2.24, 2.45) is 7.05 Å². The molecule has 0 unspecified atom stereocenters. The van der Waals surface area contributed by atoms with E-state index < -0.39 is 21.0 Å². The second-order valence-electron chi connectivity index (χ2n) is 4.81. The maximum Gasteiger partial charge on any atom is 0.342 e. The Hall–Kier alpha value is -3.00. The molecule has 2 aromatic rings. The molecule has 0 atom stereocenters. The largest absolute Gasteiger partial charge is 0.481 e. The van der Waals surface area contributed by atoms with Gasteiger partial charge in [-0.05, 0) is 12.2 Å². The van der Waals surface area contributed by atoms with Crippen molar-refractivity contribution in [3.05, 3.63) is 17.8 Å². The summed E-state index contributed by atoms with van der Waals surface area (Å²) in [5.41, 5.74) is -0.241. The van der Waals surface area contributed by atoms with Crippen LogP contribution in [-0.2, 0) is 21.8 Å². The highest BCUT2D eigenvalue weighted by Gasteiger charge is 2.29. The van der Waals surface area contributed by atoms with Crippen LogP contribution in [0, 0.1) is 0 Å². The Morgan fingerprint density at radius 3 is 2.30 bits per heavy atom. The number of ether oxygens (including phenoxy) is 3. The van der Waals surface area contributed by atoms with E-state index in [9.17, 15) is 13.2 Å². The molecule has 0 aliphatic carbocycles. The predicted molar refractivity (Wildman–Crippen MR) is 96.2 cm³/mol. The van der Waals surface area contributed by atoms with Crippen LogP contribution in [0.2, 0.25) is 0 Å². The lowest BCUT2D eigenvalue weighted by Crippen LogP contribution is -2.36. The number of carbonyl (C=O) groups excluding carboxylic acids is 1. The molecule has 12 nitrogen and oxygen atoms in total. The molecule has 2 heterocycles. The molecule has 0 bridgehead atoms. The summed E-state index contributed by atoms with van der Waals surface area (Å²) in [6.07, 6.45) is 1.08. The molecule has 14 heteroatoms. The Bertz CT molecular complexity index is 951. The van der Waals surface area contributed by atoms with Crippen LogP contribution in [0.5, 0.6) is 11.8 Å². The number of esters is 1. The molecule has 2 aromatic heterocycles. The molecule has 0 spiro atoms. The second kappa shape index (κ2) is 8.13. The number of nitrogens with zero attached hydrogens (tertiary/aromatic N) is 4.